The van der Waals surface area contributed by atoms with Gasteiger partial charge in [0.2, 0.25) is 5.91 Å². The lowest BCUT2D eigenvalue weighted by atomic mass is 9.88. The number of halogens is 1. The van der Waals surface area contributed by atoms with E-state index in [9.17, 15) is 4.79 Å². The van der Waals surface area contributed by atoms with E-state index in [1.165, 1.54) is 0 Å². The van der Waals surface area contributed by atoms with E-state index >= 15 is 0 Å². The van der Waals surface area contributed by atoms with Crippen LogP contribution in [0.25, 0.3) is 0 Å². The van der Waals surface area contributed by atoms with Gasteiger partial charge in [-0.1, -0.05) is 20.8 Å². The molecule has 0 rings (SSSR count). The quantitative estimate of drug-likeness (QED) is 0.715. The summed E-state index contributed by atoms with van der Waals surface area (Å²) < 4.78 is 0. The summed E-state index contributed by atoms with van der Waals surface area (Å²) in [4.78, 5) is 11.0. The number of carbonyl (C=O) groups excluding carboxylic acids is 1. The van der Waals surface area contributed by atoms with Crippen molar-refractivity contribution in [3.05, 3.63) is 0 Å². The van der Waals surface area contributed by atoms with Crippen molar-refractivity contribution in [2.45, 2.75) is 39.7 Å². The Morgan fingerprint density at radius 2 is 1.85 bits per heavy atom. The highest BCUT2D eigenvalue weighted by molar-refractivity contribution is 5.85. The molecule has 0 aromatic heterocycles. The van der Waals surface area contributed by atoms with Crippen LogP contribution in [0.1, 0.15) is 33.6 Å². The molecule has 0 spiro atoms. The van der Waals surface area contributed by atoms with Crippen LogP contribution in [0.3, 0.4) is 0 Å². The summed E-state index contributed by atoms with van der Waals surface area (Å²) in [6, 6.07) is 0.102. The Labute approximate surface area is 86.7 Å². The minimum atomic E-state index is -0.228. The third-order valence-corrected chi connectivity index (χ3v) is 2.25. The maximum absolute atomic E-state index is 11.0. The monoisotopic (exact) mass is 208 g/mol. The lowest BCUT2D eigenvalue weighted by Crippen LogP contribution is -2.33. The number of hydrogen-bond acceptors (Lipinski definition) is 2. The Hall–Kier alpha value is -0.280. The van der Waals surface area contributed by atoms with Gasteiger partial charge in [-0.3, -0.25) is 4.79 Å². The van der Waals surface area contributed by atoms with Gasteiger partial charge in [-0.25, -0.2) is 0 Å². The van der Waals surface area contributed by atoms with Gasteiger partial charge < -0.3 is 11.5 Å². The van der Waals surface area contributed by atoms with Gasteiger partial charge in [0.25, 0.3) is 0 Å². The maximum Gasteiger partial charge on any atom is 0.220 e. The van der Waals surface area contributed by atoms with Crippen LogP contribution >= 0.6 is 12.4 Å². The SMILES string of the molecule is CCC(N)CC(C(N)=O)C(C)C.Cl. The molecule has 0 aliphatic carbocycles. The average molecular weight is 209 g/mol. The fourth-order valence-corrected chi connectivity index (χ4v) is 1.21. The Morgan fingerprint density at radius 3 is 2.08 bits per heavy atom. The van der Waals surface area contributed by atoms with Crippen molar-refractivity contribution in [1.29, 1.82) is 0 Å². The molecule has 0 aromatic carbocycles. The molecule has 2 atom stereocenters. The van der Waals surface area contributed by atoms with E-state index in [1.807, 2.05) is 20.8 Å². The molecule has 80 valence electrons. The van der Waals surface area contributed by atoms with Gasteiger partial charge in [-0.05, 0) is 18.8 Å². The number of hydrogen-bond donors (Lipinski definition) is 2. The van der Waals surface area contributed by atoms with Crippen molar-refractivity contribution in [3.63, 3.8) is 0 Å². The Morgan fingerprint density at radius 1 is 1.38 bits per heavy atom. The molecule has 0 aromatic rings. The van der Waals surface area contributed by atoms with E-state index in [2.05, 4.69) is 0 Å². The normalized spacial score (nSPS) is 14.8. The summed E-state index contributed by atoms with van der Waals surface area (Å²) in [6.45, 7) is 6.01. The zero-order chi connectivity index (χ0) is 9.72. The molecule has 4 N–H and O–H groups in total. The molecule has 0 radical (unpaired) electrons. The van der Waals surface area contributed by atoms with Crippen LogP contribution in [-0.4, -0.2) is 11.9 Å². The van der Waals surface area contributed by atoms with Crippen LogP contribution in [0.15, 0.2) is 0 Å². The lowest BCUT2D eigenvalue weighted by Gasteiger charge is -2.20. The summed E-state index contributed by atoms with van der Waals surface area (Å²) in [6.07, 6.45) is 1.61. The molecule has 2 unspecified atom stereocenters. The molecule has 0 fully saturated rings. The highest BCUT2D eigenvalue weighted by atomic mass is 35.5. The van der Waals surface area contributed by atoms with E-state index in [1.54, 1.807) is 0 Å². The van der Waals surface area contributed by atoms with Crippen LogP contribution in [-0.2, 0) is 4.79 Å². The topological polar surface area (TPSA) is 69.1 Å². The van der Waals surface area contributed by atoms with Crippen molar-refractivity contribution in [1.82, 2.24) is 0 Å². The number of carbonyl (C=O) groups is 1. The second-order valence-electron chi connectivity index (χ2n) is 3.66. The van der Waals surface area contributed by atoms with E-state index in [-0.39, 0.29) is 30.3 Å². The van der Waals surface area contributed by atoms with Gasteiger partial charge in [0.15, 0.2) is 0 Å². The molecule has 3 nitrogen and oxygen atoms in total. The smallest absolute Gasteiger partial charge is 0.220 e. The van der Waals surface area contributed by atoms with Crippen molar-refractivity contribution in [3.8, 4) is 0 Å². The molecule has 0 aliphatic rings. The van der Waals surface area contributed by atoms with E-state index in [4.69, 9.17) is 11.5 Å². The summed E-state index contributed by atoms with van der Waals surface area (Å²) in [5.41, 5.74) is 11.0. The molecule has 0 aliphatic heterocycles. The van der Waals surface area contributed by atoms with Crippen molar-refractivity contribution in [2.24, 2.45) is 23.3 Å². The molecular weight excluding hydrogens is 188 g/mol. The first-order valence-electron chi connectivity index (χ1n) is 4.53. The van der Waals surface area contributed by atoms with E-state index in [0.717, 1.165) is 6.42 Å². The first-order valence-corrected chi connectivity index (χ1v) is 4.53. The predicted molar refractivity (Wildman–Crippen MR) is 57.7 cm³/mol. The van der Waals surface area contributed by atoms with Crippen LogP contribution in [0.4, 0.5) is 0 Å². The number of nitrogens with two attached hydrogens (primary N) is 2. The second kappa shape index (κ2) is 7.15. The van der Waals surface area contributed by atoms with Crippen molar-refractivity contribution in [2.75, 3.05) is 0 Å². The lowest BCUT2D eigenvalue weighted by molar-refractivity contribution is -0.123. The third kappa shape index (κ3) is 5.88. The van der Waals surface area contributed by atoms with E-state index < -0.39 is 0 Å². The molecule has 13 heavy (non-hydrogen) atoms. The molecule has 0 saturated heterocycles. The van der Waals surface area contributed by atoms with Gasteiger partial charge in [0.1, 0.15) is 0 Å². The Bertz CT molecular complexity index is 151. The minimum absolute atomic E-state index is 0. The molecule has 4 heteroatoms. The fourth-order valence-electron chi connectivity index (χ4n) is 1.21. The first-order chi connectivity index (χ1) is 5.49. The van der Waals surface area contributed by atoms with E-state index in [0.29, 0.717) is 12.3 Å². The summed E-state index contributed by atoms with van der Waals surface area (Å²) in [5.74, 6) is -0.00560. The van der Waals surface area contributed by atoms with Gasteiger partial charge >= 0.3 is 0 Å². The second-order valence-corrected chi connectivity index (χ2v) is 3.66. The molecule has 1 amide bonds. The van der Waals surface area contributed by atoms with Crippen molar-refractivity contribution < 1.29 is 4.79 Å². The van der Waals surface area contributed by atoms with Gasteiger partial charge in [-0.15, -0.1) is 12.4 Å². The highest BCUT2D eigenvalue weighted by Crippen LogP contribution is 2.16. The number of amides is 1. The third-order valence-electron chi connectivity index (χ3n) is 2.25. The summed E-state index contributed by atoms with van der Waals surface area (Å²) >= 11 is 0. The minimum Gasteiger partial charge on any atom is -0.369 e. The maximum atomic E-state index is 11.0. The van der Waals surface area contributed by atoms with Gasteiger partial charge in [0, 0.05) is 12.0 Å². The number of rotatable bonds is 5. The Kier molecular flexibility index (Phi) is 8.37. The van der Waals surface area contributed by atoms with Crippen LogP contribution in [0.5, 0.6) is 0 Å². The average Bonchev–Trinajstić information content (AvgIpc) is 1.98. The zero-order valence-electron chi connectivity index (χ0n) is 8.62. The molecule has 0 saturated carbocycles. The molecular formula is C9H21ClN2O. The molecule has 0 heterocycles. The summed E-state index contributed by atoms with van der Waals surface area (Å²) in [5, 5.41) is 0. The van der Waals surface area contributed by atoms with Crippen molar-refractivity contribution >= 4 is 18.3 Å². The standard InChI is InChI=1S/C9H20N2O.ClH/c1-4-7(10)5-8(6(2)3)9(11)12;/h6-8H,4-5,10H2,1-3H3,(H2,11,12);1H. The molecule has 0 bridgehead atoms. The van der Waals surface area contributed by atoms with Crippen LogP contribution in [0, 0.1) is 11.8 Å². The summed E-state index contributed by atoms with van der Waals surface area (Å²) in [7, 11) is 0. The fraction of sp³-hybridized carbons (Fsp3) is 0.889. The highest BCUT2D eigenvalue weighted by Gasteiger charge is 2.21. The van der Waals surface area contributed by atoms with Crippen LogP contribution < -0.4 is 11.5 Å². The first kappa shape index (κ1) is 15.2. The Balaban J connectivity index is 0. The van der Waals surface area contributed by atoms with Gasteiger partial charge in [-0.2, -0.15) is 0 Å². The van der Waals surface area contributed by atoms with Gasteiger partial charge in [0.05, 0.1) is 0 Å². The van der Waals surface area contributed by atoms with Crippen LogP contribution in [0.2, 0.25) is 0 Å². The largest absolute Gasteiger partial charge is 0.369 e. The predicted octanol–water partition coefficient (Wildman–Crippen LogP) is 1.29. The number of primary amides is 1. The zero-order valence-corrected chi connectivity index (χ0v) is 9.43.